The molecule has 3 N–H and O–H groups in total. The summed E-state index contributed by atoms with van der Waals surface area (Å²) in [6.45, 7) is 2.24. The number of nitrogens with one attached hydrogen (secondary N) is 1. The summed E-state index contributed by atoms with van der Waals surface area (Å²) < 4.78 is 13.6. The molecule has 0 aliphatic rings. The monoisotopic (exact) mass is 353 g/mol. The number of nitro benzene ring substituents is 1. The van der Waals surface area contributed by atoms with Crippen LogP contribution in [0.5, 0.6) is 0 Å². The summed E-state index contributed by atoms with van der Waals surface area (Å²) in [5.41, 5.74) is 5.53. The van der Waals surface area contributed by atoms with Gasteiger partial charge in [0, 0.05) is 24.7 Å². The van der Waals surface area contributed by atoms with Crippen molar-refractivity contribution in [2.24, 2.45) is 5.73 Å². The van der Waals surface area contributed by atoms with Crippen molar-refractivity contribution in [1.29, 1.82) is 0 Å². The molecule has 5 nitrogen and oxygen atoms in total. The standard InChI is InChI=1S/C10H13FIN3O2/c1-2-6(5-13)14-9-3-7(11)8(12)4-10(9)15(16)17/h3-4,6,14H,2,5,13H2,1H3. The molecule has 1 aromatic carbocycles. The smallest absolute Gasteiger partial charge is 0.293 e. The summed E-state index contributed by atoms with van der Waals surface area (Å²) in [7, 11) is 0. The third-order valence-electron chi connectivity index (χ3n) is 2.37. The summed E-state index contributed by atoms with van der Waals surface area (Å²) in [6, 6.07) is 2.24. The van der Waals surface area contributed by atoms with Crippen LogP contribution < -0.4 is 11.1 Å². The Kier molecular flexibility index (Phi) is 5.06. The molecule has 0 aliphatic carbocycles. The summed E-state index contributed by atoms with van der Waals surface area (Å²) in [5, 5.41) is 13.7. The molecular weight excluding hydrogens is 340 g/mol. The van der Waals surface area contributed by atoms with Gasteiger partial charge in [-0.05, 0) is 29.0 Å². The lowest BCUT2D eigenvalue weighted by Crippen LogP contribution is -2.28. The fraction of sp³-hybridized carbons (Fsp3) is 0.400. The Balaban J connectivity index is 3.12. The van der Waals surface area contributed by atoms with Gasteiger partial charge in [-0.25, -0.2) is 4.39 Å². The molecule has 0 heterocycles. The average Bonchev–Trinajstić information content (AvgIpc) is 2.29. The third-order valence-corrected chi connectivity index (χ3v) is 3.20. The van der Waals surface area contributed by atoms with Crippen molar-refractivity contribution in [2.45, 2.75) is 19.4 Å². The van der Waals surface area contributed by atoms with Crippen LogP contribution in [0.2, 0.25) is 0 Å². The molecule has 0 saturated heterocycles. The minimum absolute atomic E-state index is 0.104. The highest BCUT2D eigenvalue weighted by Crippen LogP contribution is 2.29. The fourth-order valence-electron chi connectivity index (χ4n) is 1.35. The van der Waals surface area contributed by atoms with Crippen LogP contribution in [0.25, 0.3) is 0 Å². The molecule has 0 aliphatic heterocycles. The lowest BCUT2D eigenvalue weighted by atomic mass is 10.2. The molecule has 7 heteroatoms. The molecule has 0 saturated carbocycles. The summed E-state index contributed by atoms with van der Waals surface area (Å²) in [4.78, 5) is 10.3. The van der Waals surface area contributed by atoms with E-state index in [1.54, 1.807) is 22.6 Å². The fourth-order valence-corrected chi connectivity index (χ4v) is 1.80. The van der Waals surface area contributed by atoms with Crippen LogP contribution in [0.1, 0.15) is 13.3 Å². The van der Waals surface area contributed by atoms with E-state index in [0.29, 0.717) is 13.0 Å². The quantitative estimate of drug-likeness (QED) is 0.484. The maximum atomic E-state index is 13.4. The number of hydrogen-bond acceptors (Lipinski definition) is 4. The van der Waals surface area contributed by atoms with E-state index in [4.69, 9.17) is 5.73 Å². The topological polar surface area (TPSA) is 81.2 Å². The zero-order chi connectivity index (χ0) is 13.0. The summed E-state index contributed by atoms with van der Waals surface area (Å²) in [5.74, 6) is -0.481. The van der Waals surface area contributed by atoms with Crippen LogP contribution >= 0.6 is 22.6 Å². The largest absolute Gasteiger partial charge is 0.375 e. The van der Waals surface area contributed by atoms with E-state index < -0.39 is 10.7 Å². The third kappa shape index (κ3) is 3.50. The summed E-state index contributed by atoms with van der Waals surface area (Å²) in [6.07, 6.45) is 0.710. The van der Waals surface area contributed by atoms with Crippen LogP contribution in [0.3, 0.4) is 0 Å². The molecule has 94 valence electrons. The van der Waals surface area contributed by atoms with Gasteiger partial charge in [-0.15, -0.1) is 0 Å². The first-order valence-corrected chi connectivity index (χ1v) is 6.17. The zero-order valence-corrected chi connectivity index (χ0v) is 11.4. The lowest BCUT2D eigenvalue weighted by Gasteiger charge is -2.16. The molecule has 0 fully saturated rings. The number of nitrogens with zero attached hydrogens (tertiary/aromatic N) is 1. The van der Waals surface area contributed by atoms with Crippen molar-refractivity contribution in [3.8, 4) is 0 Å². The van der Waals surface area contributed by atoms with Gasteiger partial charge in [0.15, 0.2) is 0 Å². The van der Waals surface area contributed by atoms with Crippen LogP contribution in [0.4, 0.5) is 15.8 Å². The predicted octanol–water partition coefficient (Wildman–Crippen LogP) is 2.49. The number of anilines is 1. The van der Waals surface area contributed by atoms with E-state index in [-0.39, 0.29) is 21.0 Å². The SMILES string of the molecule is CCC(CN)Nc1cc(F)c(I)cc1[N+](=O)[O-]. The second-order valence-corrected chi connectivity index (χ2v) is 4.69. The highest BCUT2D eigenvalue weighted by atomic mass is 127. The van der Waals surface area contributed by atoms with E-state index in [0.717, 1.165) is 6.07 Å². The first kappa shape index (κ1) is 14.1. The Labute approximate surface area is 112 Å². The van der Waals surface area contributed by atoms with Gasteiger partial charge >= 0.3 is 0 Å². The number of halogens is 2. The molecule has 1 rings (SSSR count). The van der Waals surface area contributed by atoms with E-state index >= 15 is 0 Å². The molecule has 1 atom stereocenters. The van der Waals surface area contributed by atoms with Crippen molar-refractivity contribution >= 4 is 34.0 Å². The molecule has 0 bridgehead atoms. The predicted molar refractivity (Wildman–Crippen MR) is 72.5 cm³/mol. The number of rotatable bonds is 5. The molecule has 0 spiro atoms. The first-order valence-electron chi connectivity index (χ1n) is 5.09. The maximum absolute atomic E-state index is 13.4. The van der Waals surface area contributed by atoms with Gasteiger partial charge < -0.3 is 11.1 Å². The van der Waals surface area contributed by atoms with Gasteiger partial charge in [-0.1, -0.05) is 6.92 Å². The maximum Gasteiger partial charge on any atom is 0.293 e. The van der Waals surface area contributed by atoms with Gasteiger partial charge in [0.05, 0.1) is 8.49 Å². The Bertz CT molecular complexity index is 424. The normalized spacial score (nSPS) is 12.2. The summed E-state index contributed by atoms with van der Waals surface area (Å²) >= 11 is 1.72. The highest BCUT2D eigenvalue weighted by molar-refractivity contribution is 14.1. The highest BCUT2D eigenvalue weighted by Gasteiger charge is 2.19. The lowest BCUT2D eigenvalue weighted by molar-refractivity contribution is -0.384. The van der Waals surface area contributed by atoms with Gasteiger partial charge in [0.2, 0.25) is 0 Å². The van der Waals surface area contributed by atoms with Crippen molar-refractivity contribution < 1.29 is 9.31 Å². The first-order chi connectivity index (χ1) is 7.99. The Morgan fingerprint density at radius 3 is 2.76 bits per heavy atom. The Hall–Kier alpha value is -0.960. The number of nitro groups is 1. The van der Waals surface area contributed by atoms with Gasteiger partial charge in [-0.2, -0.15) is 0 Å². The average molecular weight is 353 g/mol. The van der Waals surface area contributed by atoms with Crippen LogP contribution in [0, 0.1) is 19.5 Å². The van der Waals surface area contributed by atoms with Gasteiger partial charge in [-0.3, -0.25) is 10.1 Å². The van der Waals surface area contributed by atoms with Gasteiger partial charge in [0.1, 0.15) is 11.5 Å². The van der Waals surface area contributed by atoms with Crippen molar-refractivity contribution in [3.63, 3.8) is 0 Å². The van der Waals surface area contributed by atoms with Crippen LogP contribution in [-0.4, -0.2) is 17.5 Å². The Morgan fingerprint density at radius 2 is 2.29 bits per heavy atom. The molecule has 0 radical (unpaired) electrons. The Morgan fingerprint density at radius 1 is 1.65 bits per heavy atom. The van der Waals surface area contributed by atoms with E-state index in [2.05, 4.69) is 5.32 Å². The minimum atomic E-state index is -0.535. The molecular formula is C10H13FIN3O2. The number of hydrogen-bond donors (Lipinski definition) is 2. The van der Waals surface area contributed by atoms with Crippen molar-refractivity contribution in [2.75, 3.05) is 11.9 Å². The number of benzene rings is 1. The van der Waals surface area contributed by atoms with E-state index in [1.165, 1.54) is 6.07 Å². The van der Waals surface area contributed by atoms with Crippen LogP contribution in [-0.2, 0) is 0 Å². The number of nitrogens with two attached hydrogens (primary N) is 1. The van der Waals surface area contributed by atoms with Crippen molar-refractivity contribution in [3.05, 3.63) is 31.6 Å². The minimum Gasteiger partial charge on any atom is -0.375 e. The van der Waals surface area contributed by atoms with Gasteiger partial charge in [0.25, 0.3) is 5.69 Å². The van der Waals surface area contributed by atoms with E-state index in [9.17, 15) is 14.5 Å². The second-order valence-electron chi connectivity index (χ2n) is 3.53. The second kappa shape index (κ2) is 6.10. The van der Waals surface area contributed by atoms with E-state index in [1.807, 2.05) is 6.92 Å². The molecule has 1 unspecified atom stereocenters. The molecule has 0 amide bonds. The van der Waals surface area contributed by atoms with Crippen LogP contribution in [0.15, 0.2) is 12.1 Å². The zero-order valence-electron chi connectivity index (χ0n) is 9.24. The van der Waals surface area contributed by atoms with Crippen molar-refractivity contribution in [1.82, 2.24) is 0 Å². The molecule has 0 aromatic heterocycles. The molecule has 1 aromatic rings. The molecule has 17 heavy (non-hydrogen) atoms.